The molecule has 0 spiro atoms. The van der Waals surface area contributed by atoms with Gasteiger partial charge in [-0.1, -0.05) is 48.0 Å². The van der Waals surface area contributed by atoms with Crippen LogP contribution in [0.25, 0.3) is 22.3 Å². The molecule has 3 aromatic carbocycles. The molecule has 5 rings (SSSR count). The Kier molecular flexibility index (Phi) is 5.10. The summed E-state index contributed by atoms with van der Waals surface area (Å²) in [5.74, 6) is 1.56. The summed E-state index contributed by atoms with van der Waals surface area (Å²) in [6.07, 6.45) is 0. The second-order valence-electron chi connectivity index (χ2n) is 7.21. The Morgan fingerprint density at radius 1 is 1.00 bits per heavy atom. The van der Waals surface area contributed by atoms with Crippen LogP contribution < -0.4 is 15.4 Å². The van der Waals surface area contributed by atoms with Gasteiger partial charge in [-0.15, -0.1) is 0 Å². The molecule has 1 atom stereocenters. The number of hydrogen-bond acceptors (Lipinski definition) is 3. The van der Waals surface area contributed by atoms with Gasteiger partial charge in [0.15, 0.2) is 5.11 Å². The summed E-state index contributed by atoms with van der Waals surface area (Å²) in [5.41, 5.74) is 5.67. The predicted octanol–water partition coefficient (Wildman–Crippen LogP) is 5.31. The van der Waals surface area contributed by atoms with E-state index in [4.69, 9.17) is 33.5 Å². The van der Waals surface area contributed by atoms with Gasteiger partial charge in [0, 0.05) is 10.6 Å². The van der Waals surface area contributed by atoms with Crippen LogP contribution in [-0.4, -0.2) is 22.2 Å². The standard InChI is InChI=1S/C24H19ClN4OS/c1-30-17-11-9-14(10-12-17)21-20(23-26-18-7-2-3-8-19(18)27-23)22(29-24(31)28-21)15-5-4-6-16(25)13-15/h2-13,21H,1H3,(H,26,27)(H2,28,29,31)/t21-/m0/s1. The maximum atomic E-state index is 6.31. The van der Waals surface area contributed by atoms with Crippen LogP contribution in [0.4, 0.5) is 0 Å². The molecule has 7 heteroatoms. The molecule has 1 aliphatic heterocycles. The van der Waals surface area contributed by atoms with Crippen molar-refractivity contribution in [2.75, 3.05) is 7.11 Å². The quantitative estimate of drug-likeness (QED) is 0.371. The molecule has 0 saturated carbocycles. The summed E-state index contributed by atoms with van der Waals surface area (Å²) in [6.45, 7) is 0. The molecule has 0 radical (unpaired) electrons. The van der Waals surface area contributed by atoms with E-state index >= 15 is 0 Å². The number of aromatic amines is 1. The van der Waals surface area contributed by atoms with E-state index in [2.05, 4.69) is 15.6 Å². The zero-order valence-corrected chi connectivity index (χ0v) is 18.2. The van der Waals surface area contributed by atoms with Gasteiger partial charge in [0.1, 0.15) is 11.6 Å². The molecule has 0 aliphatic carbocycles. The lowest BCUT2D eigenvalue weighted by Crippen LogP contribution is -2.42. The van der Waals surface area contributed by atoms with E-state index in [1.54, 1.807) is 7.11 Å². The smallest absolute Gasteiger partial charge is 0.171 e. The Balaban J connectivity index is 1.75. The van der Waals surface area contributed by atoms with Crippen LogP contribution in [0.15, 0.2) is 72.8 Å². The van der Waals surface area contributed by atoms with Gasteiger partial charge in [-0.25, -0.2) is 4.98 Å². The van der Waals surface area contributed by atoms with E-state index < -0.39 is 0 Å². The SMILES string of the molecule is COc1ccc([C@@H]2NC(=S)NC(c3cccc(Cl)c3)=C2c2nc3ccccc3[nH]2)cc1. The van der Waals surface area contributed by atoms with Gasteiger partial charge < -0.3 is 20.4 Å². The number of para-hydroxylation sites is 2. The highest BCUT2D eigenvalue weighted by molar-refractivity contribution is 7.80. The number of halogens is 1. The summed E-state index contributed by atoms with van der Waals surface area (Å²) >= 11 is 11.9. The Labute approximate surface area is 190 Å². The van der Waals surface area contributed by atoms with Crippen LogP contribution >= 0.6 is 23.8 Å². The highest BCUT2D eigenvalue weighted by Crippen LogP contribution is 2.38. The maximum absolute atomic E-state index is 6.31. The van der Waals surface area contributed by atoms with Gasteiger partial charge in [0.25, 0.3) is 0 Å². The van der Waals surface area contributed by atoms with Crippen LogP contribution in [0.5, 0.6) is 5.75 Å². The zero-order valence-electron chi connectivity index (χ0n) is 16.6. The molecule has 0 bridgehead atoms. The number of aromatic nitrogens is 2. The number of methoxy groups -OCH3 is 1. The third kappa shape index (κ3) is 3.76. The van der Waals surface area contributed by atoms with Gasteiger partial charge in [0.05, 0.1) is 29.9 Å². The fourth-order valence-corrected chi connectivity index (χ4v) is 4.23. The average Bonchev–Trinajstić information content (AvgIpc) is 3.22. The number of fused-ring (bicyclic) bond motifs is 1. The van der Waals surface area contributed by atoms with Crippen LogP contribution in [0.1, 0.15) is 23.0 Å². The molecule has 31 heavy (non-hydrogen) atoms. The van der Waals surface area contributed by atoms with Crippen molar-refractivity contribution in [1.29, 1.82) is 0 Å². The first-order chi connectivity index (χ1) is 15.1. The van der Waals surface area contributed by atoms with Crippen LogP contribution in [-0.2, 0) is 0 Å². The molecule has 1 aliphatic rings. The number of H-pyrrole nitrogens is 1. The van der Waals surface area contributed by atoms with Crippen molar-refractivity contribution in [3.05, 3.63) is 94.8 Å². The van der Waals surface area contributed by atoms with Crippen molar-refractivity contribution >= 4 is 51.2 Å². The fraction of sp³-hybridized carbons (Fsp3) is 0.0833. The number of nitrogens with zero attached hydrogens (tertiary/aromatic N) is 1. The predicted molar refractivity (Wildman–Crippen MR) is 129 cm³/mol. The molecular weight excluding hydrogens is 428 g/mol. The van der Waals surface area contributed by atoms with E-state index in [1.807, 2.05) is 72.8 Å². The Hall–Kier alpha value is -3.35. The van der Waals surface area contributed by atoms with Crippen molar-refractivity contribution < 1.29 is 4.74 Å². The number of imidazole rings is 1. The number of ether oxygens (including phenoxy) is 1. The number of hydrogen-bond donors (Lipinski definition) is 3. The van der Waals surface area contributed by atoms with E-state index in [0.29, 0.717) is 10.1 Å². The molecule has 154 valence electrons. The second kappa shape index (κ2) is 8.06. The monoisotopic (exact) mass is 446 g/mol. The summed E-state index contributed by atoms with van der Waals surface area (Å²) in [4.78, 5) is 8.34. The molecule has 2 heterocycles. The summed E-state index contributed by atoms with van der Waals surface area (Å²) < 4.78 is 5.33. The van der Waals surface area contributed by atoms with Crippen molar-refractivity contribution in [1.82, 2.24) is 20.6 Å². The Morgan fingerprint density at radius 2 is 1.81 bits per heavy atom. The van der Waals surface area contributed by atoms with Crippen molar-refractivity contribution in [2.24, 2.45) is 0 Å². The summed E-state index contributed by atoms with van der Waals surface area (Å²) in [6, 6.07) is 23.4. The summed E-state index contributed by atoms with van der Waals surface area (Å²) in [5, 5.41) is 7.93. The molecule has 3 N–H and O–H groups in total. The van der Waals surface area contributed by atoms with Crippen LogP contribution in [0.3, 0.4) is 0 Å². The normalized spacial score (nSPS) is 16.2. The molecule has 0 fully saturated rings. The first-order valence-corrected chi connectivity index (χ1v) is 10.6. The Bertz CT molecular complexity index is 1280. The van der Waals surface area contributed by atoms with Gasteiger partial charge in [-0.2, -0.15) is 0 Å². The van der Waals surface area contributed by atoms with Gasteiger partial charge in [-0.05, 0) is 59.7 Å². The maximum Gasteiger partial charge on any atom is 0.171 e. The van der Waals surface area contributed by atoms with Crippen molar-refractivity contribution in [3.8, 4) is 5.75 Å². The first kappa shape index (κ1) is 19.6. The lowest BCUT2D eigenvalue weighted by molar-refractivity contribution is 0.414. The van der Waals surface area contributed by atoms with E-state index in [9.17, 15) is 0 Å². The second-order valence-corrected chi connectivity index (χ2v) is 8.05. The minimum Gasteiger partial charge on any atom is -0.497 e. The number of thiocarbonyl (C=S) groups is 1. The van der Waals surface area contributed by atoms with Gasteiger partial charge in [-0.3, -0.25) is 0 Å². The Morgan fingerprint density at radius 3 is 2.55 bits per heavy atom. The van der Waals surface area contributed by atoms with Crippen molar-refractivity contribution in [2.45, 2.75) is 6.04 Å². The largest absolute Gasteiger partial charge is 0.497 e. The van der Waals surface area contributed by atoms with E-state index in [-0.39, 0.29) is 6.04 Å². The number of rotatable bonds is 4. The number of nitrogens with one attached hydrogen (secondary N) is 3. The molecule has 0 saturated heterocycles. The lowest BCUT2D eigenvalue weighted by atomic mass is 9.92. The van der Waals surface area contributed by atoms with Crippen molar-refractivity contribution in [3.63, 3.8) is 0 Å². The first-order valence-electron chi connectivity index (χ1n) is 9.79. The molecular formula is C24H19ClN4OS. The molecule has 1 aromatic heterocycles. The third-order valence-corrected chi connectivity index (χ3v) is 5.73. The number of benzene rings is 3. The van der Waals surface area contributed by atoms with E-state index in [1.165, 1.54) is 0 Å². The molecule has 0 unspecified atom stereocenters. The zero-order chi connectivity index (χ0) is 21.4. The highest BCUT2D eigenvalue weighted by Gasteiger charge is 2.30. The van der Waals surface area contributed by atoms with E-state index in [0.717, 1.165) is 45.0 Å². The van der Waals surface area contributed by atoms with Gasteiger partial charge >= 0.3 is 0 Å². The molecule has 0 amide bonds. The third-order valence-electron chi connectivity index (χ3n) is 5.28. The van der Waals surface area contributed by atoms with Gasteiger partial charge in [0.2, 0.25) is 0 Å². The minimum absolute atomic E-state index is 0.214. The lowest BCUT2D eigenvalue weighted by Gasteiger charge is -2.31. The van der Waals surface area contributed by atoms with Crippen LogP contribution in [0, 0.1) is 0 Å². The highest BCUT2D eigenvalue weighted by atomic mass is 35.5. The minimum atomic E-state index is -0.214. The topological polar surface area (TPSA) is 62.0 Å². The average molecular weight is 447 g/mol. The van der Waals surface area contributed by atoms with Crippen LogP contribution in [0.2, 0.25) is 5.02 Å². The molecule has 5 nitrogen and oxygen atoms in total. The molecule has 4 aromatic rings. The summed E-state index contributed by atoms with van der Waals surface area (Å²) in [7, 11) is 1.66. The fourth-order valence-electron chi connectivity index (χ4n) is 3.82.